The van der Waals surface area contributed by atoms with Gasteiger partial charge in [0.2, 0.25) is 11.8 Å². The smallest absolute Gasteiger partial charge is 0.279 e. The zero-order valence-electron chi connectivity index (χ0n) is 17.7. The van der Waals surface area contributed by atoms with Gasteiger partial charge in [-0.25, -0.2) is 0 Å². The Labute approximate surface area is 181 Å². The molecule has 1 aliphatic rings. The number of hydrogen-bond donors (Lipinski definition) is 2. The van der Waals surface area contributed by atoms with Gasteiger partial charge in [0.05, 0.1) is 13.0 Å². The molecule has 0 radical (unpaired) electrons. The third-order valence-electron chi connectivity index (χ3n) is 4.83. The number of ether oxygens (including phenoxy) is 2. The minimum absolute atomic E-state index is 0.0998. The monoisotopic (exact) mass is 425 g/mol. The summed E-state index contributed by atoms with van der Waals surface area (Å²) in [6.45, 7) is 4.79. The standard InChI is InChI=1S/C23H27N3O5/c1-3-30-19-10-12-20(13-11-19)31-16(2)23(29)25-24-21(27)15-17-6-8-18(9-7-17)26-14-4-5-22(26)28/h6-13,16H,3-5,14-15H2,1-2H3,(H,24,27)(H,25,29)/t16-/m0/s1. The van der Waals surface area contributed by atoms with Gasteiger partial charge in [0.15, 0.2) is 6.10 Å². The van der Waals surface area contributed by atoms with E-state index in [0.717, 1.165) is 30.0 Å². The van der Waals surface area contributed by atoms with Gasteiger partial charge in [0.25, 0.3) is 5.91 Å². The van der Waals surface area contributed by atoms with E-state index in [0.29, 0.717) is 18.8 Å². The summed E-state index contributed by atoms with van der Waals surface area (Å²) in [6.07, 6.45) is 0.743. The van der Waals surface area contributed by atoms with Crippen LogP contribution in [0.4, 0.5) is 5.69 Å². The summed E-state index contributed by atoms with van der Waals surface area (Å²) < 4.78 is 10.9. The molecule has 0 aromatic heterocycles. The summed E-state index contributed by atoms with van der Waals surface area (Å²) in [5, 5.41) is 0. The van der Waals surface area contributed by atoms with Crippen LogP contribution in [0, 0.1) is 0 Å². The SMILES string of the molecule is CCOc1ccc(O[C@@H](C)C(=O)NNC(=O)Cc2ccc(N3CCCC3=O)cc2)cc1. The van der Waals surface area contributed by atoms with Gasteiger partial charge in [-0.3, -0.25) is 25.2 Å². The van der Waals surface area contributed by atoms with E-state index in [1.54, 1.807) is 48.2 Å². The zero-order valence-corrected chi connectivity index (χ0v) is 17.7. The number of nitrogens with one attached hydrogen (secondary N) is 2. The highest BCUT2D eigenvalue weighted by Crippen LogP contribution is 2.22. The predicted octanol–water partition coefficient (Wildman–Crippen LogP) is 2.37. The van der Waals surface area contributed by atoms with Crippen molar-refractivity contribution in [1.29, 1.82) is 0 Å². The summed E-state index contributed by atoms with van der Waals surface area (Å²) >= 11 is 0. The molecule has 3 amide bonds. The van der Waals surface area contributed by atoms with Crippen molar-refractivity contribution >= 4 is 23.4 Å². The number of nitrogens with zero attached hydrogens (tertiary/aromatic N) is 1. The van der Waals surface area contributed by atoms with Crippen LogP contribution in [0.25, 0.3) is 0 Å². The van der Waals surface area contributed by atoms with Crippen LogP contribution in [-0.4, -0.2) is 37.0 Å². The molecule has 0 bridgehead atoms. The predicted molar refractivity (Wildman–Crippen MR) is 116 cm³/mol. The molecule has 3 rings (SSSR count). The molecule has 0 aliphatic carbocycles. The molecule has 31 heavy (non-hydrogen) atoms. The van der Waals surface area contributed by atoms with Gasteiger partial charge >= 0.3 is 0 Å². The van der Waals surface area contributed by atoms with Crippen molar-refractivity contribution in [2.45, 2.75) is 39.2 Å². The third-order valence-corrected chi connectivity index (χ3v) is 4.83. The van der Waals surface area contributed by atoms with Crippen molar-refractivity contribution in [3.05, 3.63) is 54.1 Å². The van der Waals surface area contributed by atoms with E-state index >= 15 is 0 Å². The normalized spacial score (nSPS) is 14.1. The molecule has 0 unspecified atom stereocenters. The minimum Gasteiger partial charge on any atom is -0.494 e. The van der Waals surface area contributed by atoms with Crippen molar-refractivity contribution in [2.75, 3.05) is 18.1 Å². The molecule has 2 aromatic carbocycles. The van der Waals surface area contributed by atoms with Crippen LogP contribution < -0.4 is 25.2 Å². The van der Waals surface area contributed by atoms with Crippen molar-refractivity contribution in [2.24, 2.45) is 0 Å². The molecule has 1 aliphatic heterocycles. The second kappa shape index (κ2) is 10.5. The molecule has 8 heteroatoms. The van der Waals surface area contributed by atoms with Crippen LogP contribution in [0.2, 0.25) is 0 Å². The Hall–Kier alpha value is -3.55. The molecule has 2 aromatic rings. The molecule has 1 saturated heterocycles. The van der Waals surface area contributed by atoms with Gasteiger partial charge < -0.3 is 14.4 Å². The number of hydrazine groups is 1. The average molecular weight is 425 g/mol. The average Bonchev–Trinajstić information content (AvgIpc) is 3.20. The molecular formula is C23H27N3O5. The van der Waals surface area contributed by atoms with E-state index in [4.69, 9.17) is 9.47 Å². The van der Waals surface area contributed by atoms with Crippen molar-refractivity contribution in [3.63, 3.8) is 0 Å². The van der Waals surface area contributed by atoms with Crippen molar-refractivity contribution in [1.82, 2.24) is 10.9 Å². The third kappa shape index (κ3) is 6.21. The van der Waals surface area contributed by atoms with Gasteiger partial charge in [-0.05, 0) is 62.2 Å². The largest absolute Gasteiger partial charge is 0.494 e. The topological polar surface area (TPSA) is 97.0 Å². The summed E-state index contributed by atoms with van der Waals surface area (Å²) in [5.74, 6) is 0.541. The van der Waals surface area contributed by atoms with E-state index < -0.39 is 12.0 Å². The Morgan fingerprint density at radius 1 is 1.03 bits per heavy atom. The Morgan fingerprint density at radius 2 is 1.71 bits per heavy atom. The zero-order chi connectivity index (χ0) is 22.2. The highest BCUT2D eigenvalue weighted by molar-refractivity contribution is 5.95. The fourth-order valence-corrected chi connectivity index (χ4v) is 3.22. The van der Waals surface area contributed by atoms with Crippen LogP contribution in [0.1, 0.15) is 32.3 Å². The highest BCUT2D eigenvalue weighted by Gasteiger charge is 2.21. The maximum absolute atomic E-state index is 12.2. The minimum atomic E-state index is -0.796. The number of benzene rings is 2. The quantitative estimate of drug-likeness (QED) is 0.633. The molecular weight excluding hydrogens is 398 g/mol. The van der Waals surface area contributed by atoms with Gasteiger partial charge in [-0.2, -0.15) is 0 Å². The van der Waals surface area contributed by atoms with E-state index in [1.165, 1.54) is 0 Å². The van der Waals surface area contributed by atoms with Crippen LogP contribution >= 0.6 is 0 Å². The first-order chi connectivity index (χ1) is 15.0. The lowest BCUT2D eigenvalue weighted by Crippen LogP contribution is -2.47. The Balaban J connectivity index is 1.43. The molecule has 0 spiro atoms. The molecule has 1 fully saturated rings. The number of anilines is 1. The van der Waals surface area contributed by atoms with E-state index in [-0.39, 0.29) is 18.2 Å². The number of amides is 3. The number of rotatable bonds is 8. The molecule has 2 N–H and O–H groups in total. The molecule has 1 atom stereocenters. The molecule has 164 valence electrons. The summed E-state index contributed by atoms with van der Waals surface area (Å²) in [6, 6.07) is 14.2. The van der Waals surface area contributed by atoms with Crippen LogP contribution in [0.5, 0.6) is 11.5 Å². The lowest BCUT2D eigenvalue weighted by molar-refractivity contribution is -0.132. The van der Waals surface area contributed by atoms with Crippen molar-refractivity contribution in [3.8, 4) is 11.5 Å². The lowest BCUT2D eigenvalue weighted by Gasteiger charge is -2.16. The number of carbonyl (C=O) groups excluding carboxylic acids is 3. The number of hydrogen-bond acceptors (Lipinski definition) is 5. The summed E-state index contributed by atoms with van der Waals surface area (Å²) in [4.78, 5) is 37.9. The van der Waals surface area contributed by atoms with Crippen LogP contribution in [0.15, 0.2) is 48.5 Å². The molecule has 1 heterocycles. The Kier molecular flexibility index (Phi) is 7.48. The van der Waals surface area contributed by atoms with Gasteiger partial charge in [0, 0.05) is 18.7 Å². The Morgan fingerprint density at radius 3 is 2.32 bits per heavy atom. The van der Waals surface area contributed by atoms with Crippen molar-refractivity contribution < 1.29 is 23.9 Å². The Bertz CT molecular complexity index is 912. The fourth-order valence-electron chi connectivity index (χ4n) is 3.22. The molecule has 0 saturated carbocycles. The first-order valence-corrected chi connectivity index (χ1v) is 10.3. The molecule has 8 nitrogen and oxygen atoms in total. The highest BCUT2D eigenvalue weighted by atomic mass is 16.5. The second-order valence-electron chi connectivity index (χ2n) is 7.19. The maximum Gasteiger partial charge on any atom is 0.279 e. The second-order valence-corrected chi connectivity index (χ2v) is 7.19. The van der Waals surface area contributed by atoms with Gasteiger partial charge in [-0.1, -0.05) is 12.1 Å². The van der Waals surface area contributed by atoms with Crippen LogP contribution in [-0.2, 0) is 20.8 Å². The first-order valence-electron chi connectivity index (χ1n) is 10.3. The lowest BCUT2D eigenvalue weighted by atomic mass is 10.1. The summed E-state index contributed by atoms with van der Waals surface area (Å²) in [5.41, 5.74) is 6.38. The van der Waals surface area contributed by atoms with E-state index in [1.807, 2.05) is 19.1 Å². The number of carbonyl (C=O) groups is 3. The summed E-state index contributed by atoms with van der Waals surface area (Å²) in [7, 11) is 0. The van der Waals surface area contributed by atoms with Gasteiger partial charge in [-0.15, -0.1) is 0 Å². The maximum atomic E-state index is 12.2. The fraction of sp³-hybridized carbons (Fsp3) is 0.348. The first kappa shape index (κ1) is 22.1. The van der Waals surface area contributed by atoms with E-state index in [9.17, 15) is 14.4 Å². The van der Waals surface area contributed by atoms with Gasteiger partial charge in [0.1, 0.15) is 11.5 Å². The van der Waals surface area contributed by atoms with Crippen LogP contribution in [0.3, 0.4) is 0 Å². The van der Waals surface area contributed by atoms with E-state index in [2.05, 4.69) is 10.9 Å².